The highest BCUT2D eigenvalue weighted by atomic mass is 16.2. The number of aromatic nitrogens is 2. The van der Waals surface area contributed by atoms with E-state index in [2.05, 4.69) is 41.1 Å². The largest absolute Gasteiger partial charge is 0.339 e. The zero-order chi connectivity index (χ0) is 19.5. The maximum atomic E-state index is 12.8. The first-order chi connectivity index (χ1) is 13.6. The zero-order valence-corrected chi connectivity index (χ0v) is 16.0. The molecule has 0 aliphatic carbocycles. The van der Waals surface area contributed by atoms with Crippen LogP contribution in [0.5, 0.6) is 0 Å². The quantitative estimate of drug-likeness (QED) is 0.699. The zero-order valence-electron chi connectivity index (χ0n) is 16.0. The van der Waals surface area contributed by atoms with E-state index in [0.29, 0.717) is 18.6 Å². The summed E-state index contributed by atoms with van der Waals surface area (Å²) in [7, 11) is 0. The van der Waals surface area contributed by atoms with Gasteiger partial charge in [0.2, 0.25) is 5.91 Å². The first-order valence-electron chi connectivity index (χ1n) is 9.60. The Morgan fingerprint density at radius 3 is 2.61 bits per heavy atom. The van der Waals surface area contributed by atoms with E-state index in [1.807, 2.05) is 29.2 Å². The maximum absolute atomic E-state index is 12.8. The molecular weight excluding hydrogens is 352 g/mol. The summed E-state index contributed by atoms with van der Waals surface area (Å²) in [5.74, 6) is -0.0198. The van der Waals surface area contributed by atoms with Crippen LogP contribution in [-0.2, 0) is 17.9 Å². The van der Waals surface area contributed by atoms with Crippen LogP contribution in [0.4, 0.5) is 0 Å². The molecule has 144 valence electrons. The fourth-order valence-corrected chi connectivity index (χ4v) is 3.74. The van der Waals surface area contributed by atoms with Crippen LogP contribution in [0.25, 0.3) is 11.0 Å². The minimum Gasteiger partial charge on any atom is -0.339 e. The Morgan fingerprint density at radius 2 is 1.82 bits per heavy atom. The molecule has 1 amide bonds. The molecule has 0 spiro atoms. The van der Waals surface area contributed by atoms with E-state index < -0.39 is 0 Å². The molecule has 2 aromatic carbocycles. The molecular formula is C22H24N4O2. The maximum Gasteiger partial charge on any atom is 0.269 e. The van der Waals surface area contributed by atoms with Crippen LogP contribution >= 0.6 is 0 Å². The number of benzene rings is 2. The second-order valence-electron chi connectivity index (χ2n) is 7.32. The fourth-order valence-electron chi connectivity index (χ4n) is 3.74. The minimum atomic E-state index is -0.245. The standard InChI is InChI=1S/C22H24N4O2/c1-17-5-4-6-18(13-17)15-24-9-11-25(12-10-24)22(28)16-26-20-8-3-2-7-19(20)23-14-21(26)27/h2-8,13-14H,9-12,15-16H2,1H3. The molecule has 0 radical (unpaired) electrons. The highest BCUT2D eigenvalue weighted by molar-refractivity contribution is 5.80. The van der Waals surface area contributed by atoms with E-state index in [9.17, 15) is 9.59 Å². The number of para-hydroxylation sites is 2. The van der Waals surface area contributed by atoms with E-state index >= 15 is 0 Å². The van der Waals surface area contributed by atoms with E-state index in [1.54, 1.807) is 0 Å². The summed E-state index contributed by atoms with van der Waals surface area (Å²) in [6.45, 7) is 6.10. The van der Waals surface area contributed by atoms with Gasteiger partial charge in [0.15, 0.2) is 0 Å². The first-order valence-corrected chi connectivity index (χ1v) is 9.60. The summed E-state index contributed by atoms with van der Waals surface area (Å²) >= 11 is 0. The monoisotopic (exact) mass is 376 g/mol. The lowest BCUT2D eigenvalue weighted by Gasteiger charge is -2.35. The normalized spacial score (nSPS) is 15.1. The van der Waals surface area contributed by atoms with Gasteiger partial charge in [0.1, 0.15) is 6.54 Å². The summed E-state index contributed by atoms with van der Waals surface area (Å²) in [4.78, 5) is 33.4. The molecule has 2 heterocycles. The Labute approximate surface area is 164 Å². The third-order valence-electron chi connectivity index (χ3n) is 5.26. The van der Waals surface area contributed by atoms with Crippen molar-refractivity contribution in [2.75, 3.05) is 26.2 Å². The van der Waals surface area contributed by atoms with Crippen LogP contribution in [0.1, 0.15) is 11.1 Å². The minimum absolute atomic E-state index is 0.0198. The average molecular weight is 376 g/mol. The van der Waals surface area contributed by atoms with Crippen LogP contribution < -0.4 is 5.56 Å². The molecule has 6 nitrogen and oxygen atoms in total. The number of hydrogen-bond acceptors (Lipinski definition) is 4. The van der Waals surface area contributed by atoms with Gasteiger partial charge in [0.25, 0.3) is 5.56 Å². The van der Waals surface area contributed by atoms with E-state index in [1.165, 1.54) is 21.9 Å². The molecule has 1 saturated heterocycles. The van der Waals surface area contributed by atoms with Crippen molar-refractivity contribution in [3.05, 3.63) is 76.2 Å². The summed E-state index contributed by atoms with van der Waals surface area (Å²) in [5.41, 5.74) is 3.74. The Hall–Kier alpha value is -2.99. The number of piperazine rings is 1. The fraction of sp³-hybridized carbons (Fsp3) is 0.318. The second-order valence-corrected chi connectivity index (χ2v) is 7.32. The van der Waals surface area contributed by atoms with Crippen LogP contribution in [0, 0.1) is 6.92 Å². The number of carbonyl (C=O) groups is 1. The SMILES string of the molecule is Cc1cccc(CN2CCN(C(=O)Cn3c(=O)cnc4ccccc43)CC2)c1. The van der Waals surface area contributed by atoms with Gasteiger partial charge in [0, 0.05) is 32.7 Å². The third kappa shape index (κ3) is 3.97. The van der Waals surface area contributed by atoms with Gasteiger partial charge in [-0.1, -0.05) is 42.0 Å². The van der Waals surface area contributed by atoms with Crippen molar-refractivity contribution in [1.29, 1.82) is 0 Å². The Bertz CT molecular complexity index is 1050. The number of carbonyl (C=O) groups excluding carboxylic acids is 1. The summed E-state index contributed by atoms with van der Waals surface area (Å²) in [6.07, 6.45) is 1.29. The molecule has 0 unspecified atom stereocenters. The Balaban J connectivity index is 1.40. The molecule has 0 N–H and O–H groups in total. The predicted molar refractivity (Wildman–Crippen MR) is 109 cm³/mol. The van der Waals surface area contributed by atoms with Crippen LogP contribution in [-0.4, -0.2) is 51.4 Å². The molecule has 4 rings (SSSR count). The molecule has 1 aliphatic heterocycles. The van der Waals surface area contributed by atoms with Gasteiger partial charge in [-0.15, -0.1) is 0 Å². The number of amides is 1. The van der Waals surface area contributed by atoms with E-state index in [-0.39, 0.29) is 18.0 Å². The van der Waals surface area contributed by atoms with Gasteiger partial charge in [-0.2, -0.15) is 0 Å². The van der Waals surface area contributed by atoms with Crippen molar-refractivity contribution in [2.45, 2.75) is 20.0 Å². The van der Waals surface area contributed by atoms with Gasteiger partial charge >= 0.3 is 0 Å². The van der Waals surface area contributed by atoms with Gasteiger partial charge in [-0.05, 0) is 24.6 Å². The smallest absolute Gasteiger partial charge is 0.269 e. The van der Waals surface area contributed by atoms with Crippen LogP contribution in [0.15, 0.2) is 59.5 Å². The summed E-state index contributed by atoms with van der Waals surface area (Å²) in [6, 6.07) is 15.9. The number of aryl methyl sites for hydroxylation is 1. The lowest BCUT2D eigenvalue weighted by atomic mass is 10.1. The third-order valence-corrected chi connectivity index (χ3v) is 5.26. The van der Waals surface area contributed by atoms with Gasteiger partial charge in [-0.25, -0.2) is 4.98 Å². The topological polar surface area (TPSA) is 58.4 Å². The number of rotatable bonds is 4. The van der Waals surface area contributed by atoms with Gasteiger partial charge in [0.05, 0.1) is 17.2 Å². The molecule has 3 aromatic rings. The van der Waals surface area contributed by atoms with Crippen molar-refractivity contribution in [3.63, 3.8) is 0 Å². The second kappa shape index (κ2) is 7.94. The molecule has 0 bridgehead atoms. The number of hydrogen-bond donors (Lipinski definition) is 0. The van der Waals surface area contributed by atoms with Gasteiger partial charge < -0.3 is 4.90 Å². The first kappa shape index (κ1) is 18.4. The molecule has 1 aliphatic rings. The van der Waals surface area contributed by atoms with Crippen LogP contribution in [0.2, 0.25) is 0 Å². The van der Waals surface area contributed by atoms with Crippen molar-refractivity contribution < 1.29 is 4.79 Å². The van der Waals surface area contributed by atoms with E-state index in [4.69, 9.17) is 0 Å². The highest BCUT2D eigenvalue weighted by Crippen LogP contribution is 2.12. The molecule has 1 fully saturated rings. The molecule has 6 heteroatoms. The number of fused-ring (bicyclic) bond motifs is 1. The lowest BCUT2D eigenvalue weighted by molar-refractivity contribution is -0.133. The highest BCUT2D eigenvalue weighted by Gasteiger charge is 2.22. The predicted octanol–water partition coefficient (Wildman–Crippen LogP) is 2.05. The Kier molecular flexibility index (Phi) is 5.21. The van der Waals surface area contributed by atoms with Gasteiger partial charge in [-0.3, -0.25) is 19.1 Å². The molecule has 28 heavy (non-hydrogen) atoms. The summed E-state index contributed by atoms with van der Waals surface area (Å²) < 4.78 is 1.52. The number of nitrogens with zero attached hydrogens (tertiary/aromatic N) is 4. The lowest BCUT2D eigenvalue weighted by Crippen LogP contribution is -2.49. The van der Waals surface area contributed by atoms with Crippen molar-refractivity contribution in [1.82, 2.24) is 19.4 Å². The van der Waals surface area contributed by atoms with Crippen molar-refractivity contribution >= 4 is 16.9 Å². The average Bonchev–Trinajstić information content (AvgIpc) is 2.71. The Morgan fingerprint density at radius 1 is 1.04 bits per heavy atom. The molecule has 1 aromatic heterocycles. The van der Waals surface area contributed by atoms with Crippen LogP contribution in [0.3, 0.4) is 0 Å². The van der Waals surface area contributed by atoms with Crippen molar-refractivity contribution in [2.24, 2.45) is 0 Å². The summed E-state index contributed by atoms with van der Waals surface area (Å²) in [5, 5.41) is 0. The molecule has 0 atom stereocenters. The molecule has 0 saturated carbocycles. The van der Waals surface area contributed by atoms with E-state index in [0.717, 1.165) is 25.2 Å². The van der Waals surface area contributed by atoms with Crippen molar-refractivity contribution in [3.8, 4) is 0 Å².